The number of rotatable bonds is 2. The van der Waals surface area contributed by atoms with E-state index in [1.54, 1.807) is 13.8 Å². The van der Waals surface area contributed by atoms with E-state index in [0.29, 0.717) is 13.0 Å². The minimum Gasteiger partial charge on any atom is -0.376 e. The first-order valence-corrected chi connectivity index (χ1v) is 7.97. The lowest BCUT2D eigenvalue weighted by Gasteiger charge is -2.33. The highest BCUT2D eigenvalue weighted by Crippen LogP contribution is 2.51. The van der Waals surface area contributed by atoms with E-state index in [9.17, 15) is 27.9 Å². The SMILES string of the molecule is CC1(C)CC(=O)C2=C(C1)N(C[C@@H]1CCCO1)C(=O)[C@@]2(O)C(F)(F)F. The quantitative estimate of drug-likeness (QED) is 0.829. The van der Waals surface area contributed by atoms with E-state index >= 15 is 0 Å². The van der Waals surface area contributed by atoms with Crippen LogP contribution in [0.25, 0.3) is 0 Å². The Labute approximate surface area is 137 Å². The van der Waals surface area contributed by atoms with Crippen LogP contribution in [0.3, 0.4) is 0 Å². The number of halogens is 3. The van der Waals surface area contributed by atoms with Crippen LogP contribution in [0.1, 0.15) is 39.5 Å². The Kier molecular flexibility index (Phi) is 3.84. The lowest BCUT2D eigenvalue weighted by atomic mass is 9.73. The molecule has 24 heavy (non-hydrogen) atoms. The molecule has 8 heteroatoms. The number of nitrogens with zero attached hydrogens (tertiary/aromatic N) is 1. The maximum atomic E-state index is 13.5. The van der Waals surface area contributed by atoms with E-state index in [0.717, 1.165) is 11.3 Å². The van der Waals surface area contributed by atoms with Gasteiger partial charge in [0.25, 0.3) is 11.5 Å². The fourth-order valence-corrected chi connectivity index (χ4v) is 3.80. The van der Waals surface area contributed by atoms with Crippen molar-refractivity contribution in [2.75, 3.05) is 13.2 Å². The summed E-state index contributed by atoms with van der Waals surface area (Å²) in [4.78, 5) is 25.8. The molecular formula is C16H20F3NO4. The minimum atomic E-state index is -5.24. The molecule has 2 atom stereocenters. The van der Waals surface area contributed by atoms with Crippen molar-refractivity contribution in [3.63, 3.8) is 0 Å². The van der Waals surface area contributed by atoms with Gasteiger partial charge in [0, 0.05) is 18.7 Å². The molecule has 1 fully saturated rings. The molecule has 0 aromatic heterocycles. The largest absolute Gasteiger partial charge is 0.430 e. The van der Waals surface area contributed by atoms with Crippen molar-refractivity contribution in [2.45, 2.75) is 57.4 Å². The zero-order chi connectivity index (χ0) is 17.9. The molecule has 1 aliphatic carbocycles. The van der Waals surface area contributed by atoms with Crippen LogP contribution in [0.15, 0.2) is 11.3 Å². The molecule has 3 rings (SSSR count). The molecule has 3 aliphatic rings. The average Bonchev–Trinajstić information content (AvgIpc) is 2.99. The Morgan fingerprint density at radius 2 is 1.96 bits per heavy atom. The third-order valence-corrected chi connectivity index (χ3v) is 4.92. The van der Waals surface area contributed by atoms with Crippen molar-refractivity contribution in [1.82, 2.24) is 4.90 Å². The number of carbonyl (C=O) groups excluding carboxylic acids is 2. The standard InChI is InChI=1S/C16H20F3NO4/c1-14(2)6-10-12(11(21)7-14)15(23,16(17,18)19)13(22)20(10)8-9-4-3-5-24-9/h9,23H,3-8H2,1-2H3/t9-,15+/m0/s1. The van der Waals surface area contributed by atoms with Crippen LogP contribution in [0.5, 0.6) is 0 Å². The summed E-state index contributed by atoms with van der Waals surface area (Å²) >= 11 is 0. The van der Waals surface area contributed by atoms with Gasteiger partial charge in [-0.3, -0.25) is 9.59 Å². The van der Waals surface area contributed by atoms with Crippen LogP contribution in [-0.4, -0.2) is 52.7 Å². The maximum Gasteiger partial charge on any atom is 0.430 e. The van der Waals surface area contributed by atoms with Crippen molar-refractivity contribution in [3.05, 3.63) is 11.3 Å². The van der Waals surface area contributed by atoms with Gasteiger partial charge in [-0.05, 0) is 24.7 Å². The molecule has 0 unspecified atom stereocenters. The number of Topliss-reactive ketones (excluding diaryl/α,β-unsaturated/α-hetero) is 1. The van der Waals surface area contributed by atoms with Crippen LogP contribution in [0, 0.1) is 5.41 Å². The normalized spacial score (nSPS) is 33.4. The Morgan fingerprint density at radius 1 is 1.29 bits per heavy atom. The molecule has 1 saturated heterocycles. The number of alkyl halides is 3. The van der Waals surface area contributed by atoms with E-state index in [2.05, 4.69) is 0 Å². The van der Waals surface area contributed by atoms with E-state index in [1.807, 2.05) is 0 Å². The summed E-state index contributed by atoms with van der Waals surface area (Å²) in [6.07, 6.45) is -4.22. The number of hydrogen-bond donors (Lipinski definition) is 1. The molecule has 0 spiro atoms. The van der Waals surface area contributed by atoms with E-state index in [1.165, 1.54) is 0 Å². The summed E-state index contributed by atoms with van der Waals surface area (Å²) in [7, 11) is 0. The van der Waals surface area contributed by atoms with Gasteiger partial charge in [-0.2, -0.15) is 13.2 Å². The molecular weight excluding hydrogens is 327 g/mol. The Hall–Kier alpha value is -1.41. The summed E-state index contributed by atoms with van der Waals surface area (Å²) in [6.45, 7) is 3.94. The number of hydrogen-bond acceptors (Lipinski definition) is 4. The highest BCUT2D eigenvalue weighted by atomic mass is 19.4. The zero-order valence-corrected chi connectivity index (χ0v) is 13.6. The third-order valence-electron chi connectivity index (χ3n) is 4.92. The highest BCUT2D eigenvalue weighted by Gasteiger charge is 2.70. The van der Waals surface area contributed by atoms with Gasteiger partial charge in [0.1, 0.15) is 0 Å². The molecule has 1 amide bonds. The molecule has 134 valence electrons. The van der Waals surface area contributed by atoms with Gasteiger partial charge in [0.2, 0.25) is 0 Å². The van der Waals surface area contributed by atoms with Gasteiger partial charge in [-0.25, -0.2) is 0 Å². The van der Waals surface area contributed by atoms with Crippen LogP contribution in [0.2, 0.25) is 0 Å². The van der Waals surface area contributed by atoms with Crippen molar-refractivity contribution >= 4 is 11.7 Å². The number of ether oxygens (including phenoxy) is 1. The lowest BCUT2D eigenvalue weighted by Crippen LogP contribution is -2.56. The highest BCUT2D eigenvalue weighted by molar-refractivity contribution is 6.11. The van der Waals surface area contributed by atoms with Crippen LogP contribution in [-0.2, 0) is 14.3 Å². The van der Waals surface area contributed by atoms with Crippen LogP contribution in [0.4, 0.5) is 13.2 Å². The van der Waals surface area contributed by atoms with Crippen molar-refractivity contribution < 1.29 is 32.6 Å². The zero-order valence-electron chi connectivity index (χ0n) is 13.6. The number of ketones is 1. The van der Waals surface area contributed by atoms with E-state index in [4.69, 9.17) is 4.74 Å². The summed E-state index contributed by atoms with van der Waals surface area (Å²) in [5, 5.41) is 10.2. The molecule has 1 N–H and O–H groups in total. The van der Waals surface area contributed by atoms with Gasteiger partial charge >= 0.3 is 6.18 Å². The summed E-state index contributed by atoms with van der Waals surface area (Å²) in [5.41, 5.74) is -5.11. The molecule has 0 aromatic carbocycles. The maximum absolute atomic E-state index is 13.5. The van der Waals surface area contributed by atoms with Gasteiger partial charge in [0.15, 0.2) is 5.78 Å². The summed E-state index contributed by atoms with van der Waals surface area (Å²) in [5.74, 6) is -2.30. The molecule has 5 nitrogen and oxygen atoms in total. The minimum absolute atomic E-state index is 0.00317. The number of carbonyl (C=O) groups is 2. The Balaban J connectivity index is 2.07. The van der Waals surface area contributed by atoms with Crippen molar-refractivity contribution in [1.29, 1.82) is 0 Å². The number of amides is 1. The van der Waals surface area contributed by atoms with E-state index < -0.39 is 34.5 Å². The first-order valence-electron chi connectivity index (χ1n) is 7.97. The van der Waals surface area contributed by atoms with Crippen LogP contribution < -0.4 is 0 Å². The van der Waals surface area contributed by atoms with Gasteiger partial charge in [-0.15, -0.1) is 0 Å². The first-order chi connectivity index (χ1) is 11.0. The Morgan fingerprint density at radius 3 is 2.50 bits per heavy atom. The second kappa shape index (κ2) is 5.29. The fraction of sp³-hybridized carbons (Fsp3) is 0.750. The van der Waals surface area contributed by atoms with Crippen molar-refractivity contribution in [2.24, 2.45) is 5.41 Å². The second-order valence-corrected chi connectivity index (χ2v) is 7.52. The van der Waals surface area contributed by atoms with Crippen molar-refractivity contribution in [3.8, 4) is 0 Å². The smallest absolute Gasteiger partial charge is 0.376 e. The predicted octanol–water partition coefficient (Wildman–Crippen LogP) is 1.94. The summed E-state index contributed by atoms with van der Waals surface area (Å²) in [6, 6.07) is 0. The van der Waals surface area contributed by atoms with Gasteiger partial charge in [-0.1, -0.05) is 13.8 Å². The third kappa shape index (κ3) is 2.47. The molecule has 0 aromatic rings. The predicted molar refractivity (Wildman–Crippen MR) is 76.7 cm³/mol. The Bertz CT molecular complexity index is 619. The van der Waals surface area contributed by atoms with Gasteiger partial charge in [0.05, 0.1) is 18.2 Å². The topological polar surface area (TPSA) is 66.8 Å². The first kappa shape index (κ1) is 17.4. The molecule has 0 radical (unpaired) electrons. The average molecular weight is 347 g/mol. The second-order valence-electron chi connectivity index (χ2n) is 7.52. The molecule has 0 bridgehead atoms. The number of aliphatic hydroxyl groups is 1. The lowest BCUT2D eigenvalue weighted by molar-refractivity contribution is -0.238. The van der Waals surface area contributed by atoms with Gasteiger partial charge < -0.3 is 14.7 Å². The van der Waals surface area contributed by atoms with E-state index in [-0.39, 0.29) is 31.2 Å². The summed E-state index contributed by atoms with van der Waals surface area (Å²) < 4.78 is 45.9. The fourth-order valence-electron chi connectivity index (χ4n) is 3.80. The number of allylic oxidation sites excluding steroid dienone is 1. The monoisotopic (exact) mass is 347 g/mol. The molecule has 2 aliphatic heterocycles. The van der Waals surface area contributed by atoms with Crippen LogP contribution >= 0.6 is 0 Å². The molecule has 2 heterocycles. The molecule has 0 saturated carbocycles.